The number of nitrogens with zero attached hydrogens (tertiary/aromatic N) is 2. The molecule has 2 N–H and O–H groups in total. The lowest BCUT2D eigenvalue weighted by Gasteiger charge is -2.59. The predicted octanol–water partition coefficient (Wildman–Crippen LogP) is 2.09. The van der Waals surface area contributed by atoms with Gasteiger partial charge in [-0.15, -0.1) is 0 Å². The van der Waals surface area contributed by atoms with Gasteiger partial charge in [-0.3, -0.25) is 14.5 Å². The molecule has 1 aliphatic carbocycles. The summed E-state index contributed by atoms with van der Waals surface area (Å²) < 4.78 is 0. The van der Waals surface area contributed by atoms with Gasteiger partial charge in [-0.25, -0.2) is 4.98 Å². The standard InChI is InChI=1S/C19H27ClN4O2/c1-18(2,3)23-16(25)10-24-11-19(12-24)7-13(8-19)9-21-17(26)14-5-4-6-15(20)22-14/h4-6,13H,7-12H2,1-3H3,(H,21,26)(H,23,25). The summed E-state index contributed by atoms with van der Waals surface area (Å²) in [4.78, 5) is 30.3. The van der Waals surface area contributed by atoms with Crippen molar-refractivity contribution in [3.8, 4) is 0 Å². The molecule has 6 nitrogen and oxygen atoms in total. The number of amides is 2. The minimum atomic E-state index is -0.183. The Balaban J connectivity index is 1.34. The number of carbonyl (C=O) groups excluding carboxylic acids is 2. The summed E-state index contributed by atoms with van der Waals surface area (Å²) in [6.45, 7) is 9.07. The van der Waals surface area contributed by atoms with Crippen molar-refractivity contribution in [2.24, 2.45) is 11.3 Å². The maximum atomic E-state index is 12.1. The van der Waals surface area contributed by atoms with Gasteiger partial charge in [0.05, 0.1) is 6.54 Å². The zero-order valence-electron chi connectivity index (χ0n) is 15.6. The van der Waals surface area contributed by atoms with Crippen LogP contribution in [0.3, 0.4) is 0 Å². The van der Waals surface area contributed by atoms with Crippen molar-refractivity contribution in [1.29, 1.82) is 0 Å². The van der Waals surface area contributed by atoms with Gasteiger partial charge in [0, 0.05) is 25.2 Å². The monoisotopic (exact) mass is 378 g/mol. The molecule has 26 heavy (non-hydrogen) atoms. The summed E-state index contributed by atoms with van der Waals surface area (Å²) in [6, 6.07) is 5.04. The lowest BCUT2D eigenvalue weighted by Crippen LogP contribution is -2.64. The fourth-order valence-corrected chi connectivity index (χ4v) is 4.27. The molecular formula is C19H27ClN4O2. The number of pyridine rings is 1. The first-order chi connectivity index (χ1) is 12.1. The fraction of sp³-hybridized carbons (Fsp3) is 0.632. The van der Waals surface area contributed by atoms with Crippen LogP contribution in [-0.4, -0.2) is 53.4 Å². The molecule has 2 aliphatic rings. The van der Waals surface area contributed by atoms with Crippen molar-refractivity contribution < 1.29 is 9.59 Å². The molecule has 2 amide bonds. The lowest BCUT2D eigenvalue weighted by molar-refractivity contribution is -0.133. The third-order valence-corrected chi connectivity index (χ3v) is 5.15. The quantitative estimate of drug-likeness (QED) is 0.769. The first kappa shape index (κ1) is 19.1. The molecule has 7 heteroatoms. The molecule has 0 atom stereocenters. The Hall–Kier alpha value is -1.66. The summed E-state index contributed by atoms with van der Waals surface area (Å²) in [7, 11) is 0. The average Bonchev–Trinajstić information content (AvgIpc) is 2.45. The van der Waals surface area contributed by atoms with Crippen LogP contribution in [0.5, 0.6) is 0 Å². The Morgan fingerprint density at radius 1 is 1.31 bits per heavy atom. The number of nitrogens with one attached hydrogen (secondary N) is 2. The average molecular weight is 379 g/mol. The Labute approximate surface area is 159 Å². The zero-order valence-corrected chi connectivity index (χ0v) is 16.4. The molecule has 1 aliphatic heterocycles. The van der Waals surface area contributed by atoms with E-state index >= 15 is 0 Å². The van der Waals surface area contributed by atoms with Gasteiger partial charge in [-0.1, -0.05) is 17.7 Å². The lowest BCUT2D eigenvalue weighted by atomic mass is 9.57. The van der Waals surface area contributed by atoms with E-state index in [0.717, 1.165) is 25.9 Å². The van der Waals surface area contributed by atoms with Crippen molar-refractivity contribution in [1.82, 2.24) is 20.5 Å². The minimum absolute atomic E-state index is 0.0875. The van der Waals surface area contributed by atoms with E-state index in [9.17, 15) is 9.59 Å². The van der Waals surface area contributed by atoms with E-state index in [-0.39, 0.29) is 17.4 Å². The Kier molecular flexibility index (Phi) is 5.26. The van der Waals surface area contributed by atoms with E-state index < -0.39 is 0 Å². The van der Waals surface area contributed by atoms with Crippen LogP contribution in [-0.2, 0) is 4.79 Å². The van der Waals surface area contributed by atoms with Crippen LogP contribution >= 0.6 is 11.6 Å². The number of hydrogen-bond donors (Lipinski definition) is 2. The van der Waals surface area contributed by atoms with Crippen LogP contribution in [0.1, 0.15) is 44.1 Å². The van der Waals surface area contributed by atoms with Gasteiger partial charge in [0.2, 0.25) is 5.91 Å². The Bertz CT molecular complexity index is 687. The van der Waals surface area contributed by atoms with Gasteiger partial charge in [-0.05, 0) is 57.1 Å². The van der Waals surface area contributed by atoms with Gasteiger partial charge >= 0.3 is 0 Å². The summed E-state index contributed by atoms with van der Waals surface area (Å²) in [6.07, 6.45) is 2.21. The third kappa shape index (κ3) is 4.74. The molecule has 0 bridgehead atoms. The predicted molar refractivity (Wildman–Crippen MR) is 101 cm³/mol. The van der Waals surface area contributed by atoms with Crippen molar-refractivity contribution in [3.63, 3.8) is 0 Å². The molecular weight excluding hydrogens is 352 g/mol. The normalized spacial score (nSPS) is 19.5. The molecule has 2 heterocycles. The van der Waals surface area contributed by atoms with Gasteiger partial charge in [0.1, 0.15) is 10.8 Å². The topological polar surface area (TPSA) is 74.3 Å². The van der Waals surface area contributed by atoms with Crippen LogP contribution in [0.15, 0.2) is 18.2 Å². The highest BCUT2D eigenvalue weighted by atomic mass is 35.5. The molecule has 1 saturated heterocycles. The second-order valence-corrected chi connectivity index (χ2v) is 9.16. The number of halogens is 1. The second kappa shape index (κ2) is 7.16. The SMILES string of the molecule is CC(C)(C)NC(=O)CN1CC2(CC(CNC(=O)c3cccc(Cl)n3)C2)C1. The number of likely N-dealkylation sites (tertiary alicyclic amines) is 1. The fourth-order valence-electron chi connectivity index (χ4n) is 4.10. The van der Waals surface area contributed by atoms with Crippen molar-refractivity contribution in [2.75, 3.05) is 26.2 Å². The highest BCUT2D eigenvalue weighted by molar-refractivity contribution is 6.29. The number of hydrogen-bond acceptors (Lipinski definition) is 4. The molecule has 3 rings (SSSR count). The number of carbonyl (C=O) groups is 2. The highest BCUT2D eigenvalue weighted by Crippen LogP contribution is 2.51. The number of rotatable bonds is 5. The second-order valence-electron chi connectivity index (χ2n) is 8.77. The van der Waals surface area contributed by atoms with Gasteiger partial charge in [0.15, 0.2) is 0 Å². The summed E-state index contributed by atoms with van der Waals surface area (Å²) in [5.41, 5.74) is 0.523. The molecule has 0 unspecified atom stereocenters. The molecule has 0 radical (unpaired) electrons. The van der Waals surface area contributed by atoms with Crippen LogP contribution in [0.25, 0.3) is 0 Å². The molecule has 2 fully saturated rings. The van der Waals surface area contributed by atoms with E-state index in [1.165, 1.54) is 0 Å². The summed E-state index contributed by atoms with van der Waals surface area (Å²) >= 11 is 5.81. The molecule has 1 saturated carbocycles. The van der Waals surface area contributed by atoms with E-state index in [0.29, 0.717) is 35.3 Å². The van der Waals surface area contributed by atoms with Crippen molar-refractivity contribution >= 4 is 23.4 Å². The van der Waals surface area contributed by atoms with Crippen molar-refractivity contribution in [2.45, 2.75) is 39.2 Å². The first-order valence-electron chi connectivity index (χ1n) is 9.08. The van der Waals surface area contributed by atoms with Gasteiger partial charge in [0.25, 0.3) is 5.91 Å². The zero-order chi connectivity index (χ0) is 18.9. The molecule has 142 valence electrons. The molecule has 1 spiro atoms. The van der Waals surface area contributed by atoms with Crippen LogP contribution in [0.2, 0.25) is 5.15 Å². The van der Waals surface area contributed by atoms with Crippen LogP contribution < -0.4 is 10.6 Å². The van der Waals surface area contributed by atoms with E-state index in [1.807, 2.05) is 20.8 Å². The maximum Gasteiger partial charge on any atom is 0.269 e. The van der Waals surface area contributed by atoms with E-state index in [1.54, 1.807) is 18.2 Å². The highest BCUT2D eigenvalue weighted by Gasteiger charge is 2.52. The van der Waals surface area contributed by atoms with Gasteiger partial charge in [-0.2, -0.15) is 0 Å². The smallest absolute Gasteiger partial charge is 0.269 e. The first-order valence-corrected chi connectivity index (χ1v) is 9.46. The van der Waals surface area contributed by atoms with Crippen LogP contribution in [0, 0.1) is 11.3 Å². The summed E-state index contributed by atoms with van der Waals surface area (Å²) in [5, 5.41) is 6.27. The Morgan fingerprint density at radius 2 is 2.00 bits per heavy atom. The van der Waals surface area contributed by atoms with E-state index in [4.69, 9.17) is 11.6 Å². The largest absolute Gasteiger partial charge is 0.350 e. The van der Waals surface area contributed by atoms with Crippen molar-refractivity contribution in [3.05, 3.63) is 29.0 Å². The molecule has 1 aromatic rings. The summed E-state index contributed by atoms with van der Waals surface area (Å²) in [5.74, 6) is 0.413. The Morgan fingerprint density at radius 3 is 2.62 bits per heavy atom. The molecule has 0 aromatic carbocycles. The number of aromatic nitrogens is 1. The van der Waals surface area contributed by atoms with E-state index in [2.05, 4.69) is 20.5 Å². The minimum Gasteiger partial charge on any atom is -0.350 e. The molecule has 1 aromatic heterocycles. The maximum absolute atomic E-state index is 12.1. The third-order valence-electron chi connectivity index (χ3n) is 4.94. The van der Waals surface area contributed by atoms with Crippen LogP contribution in [0.4, 0.5) is 0 Å². The van der Waals surface area contributed by atoms with Gasteiger partial charge < -0.3 is 10.6 Å².